The highest BCUT2D eigenvalue weighted by Gasteiger charge is 2.45. The molecule has 1 aromatic carbocycles. The largest absolute Gasteiger partial charge is 0.394 e. The molecule has 0 aliphatic carbocycles. The molecule has 0 aromatic heterocycles. The molecule has 3 N–H and O–H groups in total. The molecule has 2 aliphatic heterocycles. The number of amides is 2. The van der Waals surface area contributed by atoms with Gasteiger partial charge in [0.25, 0.3) is 0 Å². The number of hydrogen-bond donors (Lipinski definition) is 3. The van der Waals surface area contributed by atoms with Crippen molar-refractivity contribution in [3.05, 3.63) is 34.9 Å². The van der Waals surface area contributed by atoms with E-state index in [1.807, 2.05) is 24.3 Å². The molecule has 2 aliphatic rings. The van der Waals surface area contributed by atoms with Crippen molar-refractivity contribution in [2.75, 3.05) is 13.2 Å². The first-order valence-electron chi connectivity index (χ1n) is 7.28. The van der Waals surface area contributed by atoms with Crippen molar-refractivity contribution in [1.29, 1.82) is 0 Å². The summed E-state index contributed by atoms with van der Waals surface area (Å²) in [7, 11) is 0. The second-order valence-electron chi connectivity index (χ2n) is 5.66. The van der Waals surface area contributed by atoms with Gasteiger partial charge in [-0.05, 0) is 18.1 Å². The van der Waals surface area contributed by atoms with Gasteiger partial charge in [-0.2, -0.15) is 0 Å². The highest BCUT2D eigenvalue weighted by molar-refractivity contribution is 6.31. The van der Waals surface area contributed by atoms with Gasteiger partial charge >= 0.3 is 0 Å². The summed E-state index contributed by atoms with van der Waals surface area (Å²) in [6.07, 6.45) is 0.570. The van der Waals surface area contributed by atoms with E-state index in [0.29, 0.717) is 24.5 Å². The third-order valence-electron chi connectivity index (χ3n) is 4.22. The second kappa shape index (κ2) is 6.24. The number of aliphatic hydroxyl groups excluding tert-OH is 1. The van der Waals surface area contributed by atoms with E-state index in [0.717, 1.165) is 5.56 Å². The Labute approximate surface area is 133 Å². The molecular weight excluding hydrogens is 306 g/mol. The summed E-state index contributed by atoms with van der Waals surface area (Å²) in [6.45, 7) is 0.688. The number of piperazine rings is 1. The number of nitrogens with zero attached hydrogens (tertiary/aromatic N) is 1. The van der Waals surface area contributed by atoms with E-state index in [2.05, 4.69) is 10.6 Å². The highest BCUT2D eigenvalue weighted by Crippen LogP contribution is 2.23. The van der Waals surface area contributed by atoms with E-state index in [9.17, 15) is 9.59 Å². The first-order chi connectivity index (χ1) is 10.6. The zero-order chi connectivity index (χ0) is 15.7. The van der Waals surface area contributed by atoms with E-state index >= 15 is 0 Å². The standard InChI is InChI=1S/C15H18ClN3O3/c16-11-4-2-1-3-9(11)6-17-10-5-13-14(21)18-12(8-20)15(22)19(13)7-10/h1-4,10,12-13,17,20H,5-8H2,(H,18,21)/t10-,12+,13-/m0/s1. The number of aliphatic hydroxyl groups is 1. The molecule has 2 fully saturated rings. The van der Waals surface area contributed by atoms with Crippen molar-refractivity contribution in [1.82, 2.24) is 15.5 Å². The summed E-state index contributed by atoms with van der Waals surface area (Å²) in [5, 5.41) is 15.8. The van der Waals surface area contributed by atoms with Gasteiger partial charge < -0.3 is 20.6 Å². The van der Waals surface area contributed by atoms with Gasteiger partial charge in [-0.25, -0.2) is 0 Å². The molecule has 118 valence electrons. The lowest BCUT2D eigenvalue weighted by molar-refractivity contribution is -0.148. The van der Waals surface area contributed by atoms with Crippen LogP contribution in [0.25, 0.3) is 0 Å². The quantitative estimate of drug-likeness (QED) is 0.722. The lowest BCUT2D eigenvalue weighted by atomic mass is 10.1. The Morgan fingerprint density at radius 1 is 1.36 bits per heavy atom. The van der Waals surface area contributed by atoms with Gasteiger partial charge in [0.1, 0.15) is 12.1 Å². The van der Waals surface area contributed by atoms with E-state index < -0.39 is 12.1 Å². The molecule has 2 amide bonds. The SMILES string of the molecule is O=C1N[C@H](CO)C(=O)N2C[C@@H](NCc3ccccc3Cl)C[C@@H]12. The van der Waals surface area contributed by atoms with E-state index in [4.69, 9.17) is 16.7 Å². The Kier molecular flexibility index (Phi) is 4.33. The number of halogens is 1. The highest BCUT2D eigenvalue weighted by atomic mass is 35.5. The topological polar surface area (TPSA) is 81.7 Å². The number of carbonyl (C=O) groups excluding carboxylic acids is 2. The predicted molar refractivity (Wildman–Crippen MR) is 81.2 cm³/mol. The van der Waals surface area contributed by atoms with Crippen LogP contribution >= 0.6 is 11.6 Å². The molecule has 22 heavy (non-hydrogen) atoms. The van der Waals surface area contributed by atoms with Crippen LogP contribution in [-0.4, -0.2) is 53.1 Å². The third kappa shape index (κ3) is 2.82. The van der Waals surface area contributed by atoms with Crippen LogP contribution in [0.3, 0.4) is 0 Å². The van der Waals surface area contributed by atoms with Gasteiger partial charge in [-0.1, -0.05) is 29.8 Å². The normalized spacial score (nSPS) is 27.7. The van der Waals surface area contributed by atoms with E-state index in [-0.39, 0.29) is 24.5 Å². The molecule has 0 radical (unpaired) electrons. The van der Waals surface area contributed by atoms with Crippen molar-refractivity contribution < 1.29 is 14.7 Å². The van der Waals surface area contributed by atoms with Crippen molar-refractivity contribution in [2.45, 2.75) is 31.1 Å². The predicted octanol–water partition coefficient (Wildman–Crippen LogP) is -0.110. The van der Waals surface area contributed by atoms with Crippen LogP contribution in [0.4, 0.5) is 0 Å². The van der Waals surface area contributed by atoms with Crippen LogP contribution in [0, 0.1) is 0 Å². The Hall–Kier alpha value is -1.63. The molecule has 0 bridgehead atoms. The maximum Gasteiger partial charge on any atom is 0.248 e. The van der Waals surface area contributed by atoms with Crippen molar-refractivity contribution in [3.8, 4) is 0 Å². The van der Waals surface area contributed by atoms with Crippen LogP contribution in [0.1, 0.15) is 12.0 Å². The summed E-state index contributed by atoms with van der Waals surface area (Å²) in [5.74, 6) is -0.408. The number of hydrogen-bond acceptors (Lipinski definition) is 4. The lowest BCUT2D eigenvalue weighted by Crippen LogP contribution is -2.62. The molecule has 0 spiro atoms. The molecule has 1 aromatic rings. The van der Waals surface area contributed by atoms with Crippen molar-refractivity contribution >= 4 is 23.4 Å². The zero-order valence-electron chi connectivity index (χ0n) is 12.0. The summed E-state index contributed by atoms with van der Waals surface area (Å²) in [4.78, 5) is 25.7. The smallest absolute Gasteiger partial charge is 0.248 e. The Bertz CT molecular complexity index is 595. The average molecular weight is 324 g/mol. The number of nitrogens with one attached hydrogen (secondary N) is 2. The number of rotatable bonds is 4. The summed E-state index contributed by atoms with van der Waals surface area (Å²) in [6, 6.07) is 6.35. The maximum atomic E-state index is 12.2. The van der Waals surface area contributed by atoms with Crippen LogP contribution < -0.4 is 10.6 Å². The number of carbonyl (C=O) groups is 2. The summed E-state index contributed by atoms with van der Waals surface area (Å²) >= 11 is 6.12. The minimum absolute atomic E-state index is 0.0356. The first-order valence-corrected chi connectivity index (χ1v) is 7.66. The Morgan fingerprint density at radius 3 is 2.86 bits per heavy atom. The molecule has 2 heterocycles. The maximum absolute atomic E-state index is 12.2. The van der Waals surface area contributed by atoms with Gasteiger partial charge in [0, 0.05) is 24.2 Å². The minimum atomic E-state index is -0.814. The fourth-order valence-corrected chi connectivity index (χ4v) is 3.23. The van der Waals surface area contributed by atoms with Gasteiger partial charge in [0.15, 0.2) is 0 Å². The second-order valence-corrected chi connectivity index (χ2v) is 6.06. The Morgan fingerprint density at radius 2 is 2.14 bits per heavy atom. The van der Waals surface area contributed by atoms with Crippen molar-refractivity contribution in [3.63, 3.8) is 0 Å². The molecule has 0 unspecified atom stereocenters. The molecular formula is C15H18ClN3O3. The van der Waals surface area contributed by atoms with E-state index in [1.54, 1.807) is 4.90 Å². The number of fused-ring (bicyclic) bond motifs is 1. The van der Waals surface area contributed by atoms with E-state index in [1.165, 1.54) is 0 Å². The van der Waals surface area contributed by atoms with Gasteiger partial charge in [-0.15, -0.1) is 0 Å². The van der Waals surface area contributed by atoms with Crippen molar-refractivity contribution in [2.24, 2.45) is 0 Å². The van der Waals surface area contributed by atoms with Gasteiger partial charge in [0.2, 0.25) is 11.8 Å². The molecule has 6 nitrogen and oxygen atoms in total. The molecule has 7 heteroatoms. The lowest BCUT2D eigenvalue weighted by Gasteiger charge is -2.33. The fourth-order valence-electron chi connectivity index (χ4n) is 3.03. The van der Waals surface area contributed by atoms with Gasteiger partial charge in [-0.3, -0.25) is 9.59 Å². The molecule has 3 rings (SSSR count). The number of benzene rings is 1. The van der Waals surface area contributed by atoms with Gasteiger partial charge in [0.05, 0.1) is 6.61 Å². The molecule has 0 saturated carbocycles. The van der Waals surface area contributed by atoms with Crippen LogP contribution in [-0.2, 0) is 16.1 Å². The Balaban J connectivity index is 1.63. The zero-order valence-corrected chi connectivity index (χ0v) is 12.7. The fraction of sp³-hybridized carbons (Fsp3) is 0.467. The molecule has 3 atom stereocenters. The monoisotopic (exact) mass is 323 g/mol. The first kappa shape index (κ1) is 15.3. The summed E-state index contributed by atoms with van der Waals surface area (Å²) in [5.41, 5.74) is 0.984. The summed E-state index contributed by atoms with van der Waals surface area (Å²) < 4.78 is 0. The minimum Gasteiger partial charge on any atom is -0.394 e. The average Bonchev–Trinajstić information content (AvgIpc) is 2.95. The third-order valence-corrected chi connectivity index (χ3v) is 4.59. The van der Waals surface area contributed by atoms with Crippen LogP contribution in [0.5, 0.6) is 0 Å². The molecule has 2 saturated heterocycles. The van der Waals surface area contributed by atoms with Crippen LogP contribution in [0.2, 0.25) is 5.02 Å². The van der Waals surface area contributed by atoms with Crippen LogP contribution in [0.15, 0.2) is 24.3 Å².